The van der Waals surface area contributed by atoms with Crippen molar-refractivity contribution in [3.8, 4) is 0 Å². The zero-order valence-corrected chi connectivity index (χ0v) is 7.94. The number of aryl methyl sites for hydroxylation is 1. The minimum atomic E-state index is -1.24. The lowest BCUT2D eigenvalue weighted by Crippen LogP contribution is -2.17. The molecule has 0 aliphatic heterocycles. The molecular formula is C10H8N2O3. The van der Waals surface area contributed by atoms with Crippen LogP contribution in [0, 0.1) is 6.92 Å². The Kier molecular flexibility index (Phi) is 2.00. The number of aromatic nitrogens is 2. The van der Waals surface area contributed by atoms with E-state index in [9.17, 15) is 9.59 Å². The monoisotopic (exact) mass is 204 g/mol. The Balaban J connectivity index is 2.82. The van der Waals surface area contributed by atoms with E-state index in [1.54, 1.807) is 19.1 Å². The maximum Gasteiger partial charge on any atom is 0.341 e. The van der Waals surface area contributed by atoms with Crippen molar-refractivity contribution in [1.29, 1.82) is 0 Å². The fourth-order valence-corrected chi connectivity index (χ4v) is 1.34. The van der Waals surface area contributed by atoms with Gasteiger partial charge in [-0.3, -0.25) is 4.79 Å². The molecule has 2 rings (SSSR count). The highest BCUT2D eigenvalue weighted by molar-refractivity contribution is 5.91. The third-order valence-corrected chi connectivity index (χ3v) is 2.07. The molecule has 2 N–H and O–H groups in total. The van der Waals surface area contributed by atoms with Gasteiger partial charge in [-0.25, -0.2) is 9.78 Å². The van der Waals surface area contributed by atoms with E-state index >= 15 is 0 Å². The highest BCUT2D eigenvalue weighted by Gasteiger charge is 2.09. The van der Waals surface area contributed by atoms with E-state index in [1.165, 1.54) is 6.07 Å². The van der Waals surface area contributed by atoms with Crippen molar-refractivity contribution >= 4 is 17.0 Å². The quantitative estimate of drug-likeness (QED) is 0.723. The number of nitrogens with one attached hydrogen (secondary N) is 1. The number of carboxylic acid groups (broad SMARTS) is 1. The van der Waals surface area contributed by atoms with Gasteiger partial charge in [0.15, 0.2) is 0 Å². The van der Waals surface area contributed by atoms with E-state index in [0.717, 1.165) is 5.69 Å². The van der Waals surface area contributed by atoms with Crippen LogP contribution in [-0.4, -0.2) is 21.0 Å². The molecule has 2 aromatic rings. The molecule has 0 saturated heterocycles. The maximum atomic E-state index is 11.3. The van der Waals surface area contributed by atoms with Crippen LogP contribution in [0.3, 0.4) is 0 Å². The molecule has 0 aromatic carbocycles. The Morgan fingerprint density at radius 1 is 1.47 bits per heavy atom. The first-order valence-corrected chi connectivity index (χ1v) is 4.32. The number of hydrogen-bond donors (Lipinski definition) is 2. The Hall–Kier alpha value is -2.17. The molecule has 0 aliphatic rings. The van der Waals surface area contributed by atoms with Crippen LogP contribution in [0.1, 0.15) is 16.1 Å². The van der Waals surface area contributed by atoms with Crippen LogP contribution in [0.5, 0.6) is 0 Å². The number of pyridine rings is 2. The van der Waals surface area contributed by atoms with Crippen LogP contribution in [0.25, 0.3) is 11.0 Å². The van der Waals surface area contributed by atoms with Crippen molar-refractivity contribution in [2.45, 2.75) is 6.92 Å². The number of aromatic carboxylic acids is 1. The zero-order chi connectivity index (χ0) is 11.0. The van der Waals surface area contributed by atoms with Crippen molar-refractivity contribution in [1.82, 2.24) is 9.97 Å². The van der Waals surface area contributed by atoms with Crippen molar-refractivity contribution < 1.29 is 9.90 Å². The van der Waals surface area contributed by atoms with Gasteiger partial charge in [0.1, 0.15) is 11.2 Å². The average Bonchev–Trinajstić information content (AvgIpc) is 2.15. The summed E-state index contributed by atoms with van der Waals surface area (Å²) in [5.41, 5.74) is 0.271. The molecule has 76 valence electrons. The van der Waals surface area contributed by atoms with E-state index in [-0.39, 0.29) is 5.56 Å². The van der Waals surface area contributed by atoms with Crippen LogP contribution in [0.4, 0.5) is 0 Å². The Morgan fingerprint density at radius 2 is 2.20 bits per heavy atom. The second-order valence-electron chi connectivity index (χ2n) is 3.21. The fourth-order valence-electron chi connectivity index (χ4n) is 1.34. The predicted octanol–water partition coefficient (Wildman–Crippen LogP) is 0.930. The summed E-state index contributed by atoms with van der Waals surface area (Å²) < 4.78 is 0. The second-order valence-corrected chi connectivity index (χ2v) is 3.21. The molecular weight excluding hydrogens is 196 g/mol. The standard InChI is InChI=1S/C10H8N2O3/c1-5-2-3-6-4-7(10(14)15)9(13)12-8(6)11-5/h2-4H,1H3,(H,14,15)(H,11,12,13). The molecule has 5 nitrogen and oxygen atoms in total. The molecule has 0 bridgehead atoms. The van der Waals surface area contributed by atoms with Gasteiger partial charge in [0.05, 0.1) is 0 Å². The normalized spacial score (nSPS) is 10.5. The Labute approximate surface area is 84.4 Å². The molecule has 15 heavy (non-hydrogen) atoms. The van der Waals surface area contributed by atoms with Crippen LogP contribution in [0.2, 0.25) is 0 Å². The fraction of sp³-hybridized carbons (Fsp3) is 0.100. The first-order chi connectivity index (χ1) is 7.08. The van der Waals surface area contributed by atoms with Gasteiger partial charge in [-0.2, -0.15) is 0 Å². The van der Waals surface area contributed by atoms with Gasteiger partial charge >= 0.3 is 5.97 Å². The SMILES string of the molecule is Cc1ccc2cc(C(=O)O)c(=O)[nH]c2n1. The van der Waals surface area contributed by atoms with Gasteiger partial charge in [-0.05, 0) is 25.1 Å². The summed E-state index contributed by atoms with van der Waals surface area (Å²) in [5, 5.41) is 9.35. The minimum absolute atomic E-state index is 0.270. The number of hydrogen-bond acceptors (Lipinski definition) is 3. The van der Waals surface area contributed by atoms with Gasteiger partial charge in [-0.1, -0.05) is 0 Å². The number of carbonyl (C=O) groups is 1. The van der Waals surface area contributed by atoms with E-state index in [1.807, 2.05) is 0 Å². The van der Waals surface area contributed by atoms with Crippen molar-refractivity contribution in [2.75, 3.05) is 0 Å². The third-order valence-electron chi connectivity index (χ3n) is 2.07. The second kappa shape index (κ2) is 3.20. The highest BCUT2D eigenvalue weighted by atomic mass is 16.4. The van der Waals surface area contributed by atoms with Gasteiger partial charge in [0.25, 0.3) is 5.56 Å². The van der Waals surface area contributed by atoms with E-state index < -0.39 is 11.5 Å². The number of aromatic amines is 1. The number of fused-ring (bicyclic) bond motifs is 1. The number of carboxylic acids is 1. The van der Waals surface area contributed by atoms with E-state index in [4.69, 9.17) is 5.11 Å². The first kappa shape index (κ1) is 9.39. The van der Waals surface area contributed by atoms with Crippen LogP contribution >= 0.6 is 0 Å². The molecule has 0 saturated carbocycles. The Morgan fingerprint density at radius 3 is 2.87 bits per heavy atom. The molecule has 0 fully saturated rings. The molecule has 2 aromatic heterocycles. The number of H-pyrrole nitrogens is 1. The van der Waals surface area contributed by atoms with Gasteiger partial charge < -0.3 is 10.1 Å². The molecule has 0 radical (unpaired) electrons. The van der Waals surface area contributed by atoms with Crippen molar-refractivity contribution in [2.24, 2.45) is 0 Å². The molecule has 5 heteroatoms. The Bertz CT molecular complexity index is 601. The summed E-state index contributed by atoms with van der Waals surface area (Å²) in [6, 6.07) is 4.80. The molecule has 0 aliphatic carbocycles. The van der Waals surface area contributed by atoms with Crippen molar-refractivity contribution in [3.05, 3.63) is 39.8 Å². The number of nitrogens with zero attached hydrogens (tertiary/aromatic N) is 1. The highest BCUT2D eigenvalue weighted by Crippen LogP contribution is 2.09. The van der Waals surface area contributed by atoms with Crippen LogP contribution < -0.4 is 5.56 Å². The first-order valence-electron chi connectivity index (χ1n) is 4.32. The third kappa shape index (κ3) is 1.59. The van der Waals surface area contributed by atoms with Crippen LogP contribution in [0.15, 0.2) is 23.0 Å². The molecule has 0 spiro atoms. The van der Waals surface area contributed by atoms with Gasteiger partial charge in [0.2, 0.25) is 0 Å². The smallest absolute Gasteiger partial charge is 0.341 e. The zero-order valence-electron chi connectivity index (χ0n) is 7.94. The summed E-state index contributed by atoms with van der Waals surface area (Å²) >= 11 is 0. The van der Waals surface area contributed by atoms with Crippen LogP contribution in [-0.2, 0) is 0 Å². The van der Waals surface area contributed by atoms with E-state index in [0.29, 0.717) is 11.0 Å². The molecule has 2 heterocycles. The lowest BCUT2D eigenvalue weighted by atomic mass is 10.2. The molecule has 0 amide bonds. The lowest BCUT2D eigenvalue weighted by molar-refractivity contribution is 0.0695. The van der Waals surface area contributed by atoms with E-state index in [2.05, 4.69) is 9.97 Å². The van der Waals surface area contributed by atoms with Crippen molar-refractivity contribution in [3.63, 3.8) is 0 Å². The summed E-state index contributed by atoms with van der Waals surface area (Å²) in [4.78, 5) is 28.5. The largest absolute Gasteiger partial charge is 0.477 e. The maximum absolute atomic E-state index is 11.3. The molecule has 0 unspecified atom stereocenters. The van der Waals surface area contributed by atoms with Gasteiger partial charge in [0, 0.05) is 11.1 Å². The summed E-state index contributed by atoms with van der Waals surface area (Å²) in [5.74, 6) is -1.24. The predicted molar refractivity (Wildman–Crippen MR) is 54.1 cm³/mol. The summed E-state index contributed by atoms with van der Waals surface area (Å²) in [6.07, 6.45) is 0. The lowest BCUT2D eigenvalue weighted by Gasteiger charge is -1.99. The van der Waals surface area contributed by atoms with Gasteiger partial charge in [-0.15, -0.1) is 0 Å². The minimum Gasteiger partial charge on any atom is -0.477 e. The number of rotatable bonds is 1. The average molecular weight is 204 g/mol. The summed E-state index contributed by atoms with van der Waals surface area (Å²) in [6.45, 7) is 1.79. The topological polar surface area (TPSA) is 83.0 Å². The molecule has 0 atom stereocenters. The summed E-state index contributed by atoms with van der Waals surface area (Å²) in [7, 11) is 0.